The summed E-state index contributed by atoms with van der Waals surface area (Å²) in [5.41, 5.74) is 6.65. The lowest BCUT2D eigenvalue weighted by Gasteiger charge is -2.61. The summed E-state index contributed by atoms with van der Waals surface area (Å²) >= 11 is 0. The Morgan fingerprint density at radius 3 is 2.35 bits per heavy atom. The van der Waals surface area contributed by atoms with Crippen LogP contribution in [-0.4, -0.2) is 6.54 Å². The van der Waals surface area contributed by atoms with Crippen molar-refractivity contribution in [2.45, 2.75) is 37.5 Å². The topological polar surface area (TPSA) is 26.0 Å². The van der Waals surface area contributed by atoms with E-state index in [4.69, 9.17) is 5.73 Å². The standard InChI is InChI=1S/C14H17F2N/c15-10-2-3-11(12(16)6-10)14(9-17)7-13(8-14)4-1-5-13/h2-3,6H,1,4-5,7-9,17H2. The van der Waals surface area contributed by atoms with Crippen molar-refractivity contribution < 1.29 is 8.78 Å². The third-order valence-corrected chi connectivity index (χ3v) is 4.73. The molecule has 17 heavy (non-hydrogen) atoms. The van der Waals surface area contributed by atoms with Gasteiger partial charge in [0, 0.05) is 18.0 Å². The summed E-state index contributed by atoms with van der Waals surface area (Å²) in [7, 11) is 0. The third-order valence-electron chi connectivity index (χ3n) is 4.73. The fourth-order valence-electron chi connectivity index (χ4n) is 3.78. The summed E-state index contributed by atoms with van der Waals surface area (Å²) < 4.78 is 26.8. The second kappa shape index (κ2) is 3.52. The van der Waals surface area contributed by atoms with Crippen LogP contribution in [0, 0.1) is 17.0 Å². The van der Waals surface area contributed by atoms with Gasteiger partial charge in [-0.25, -0.2) is 8.78 Å². The monoisotopic (exact) mass is 237 g/mol. The molecule has 2 N–H and O–H groups in total. The van der Waals surface area contributed by atoms with Gasteiger partial charge in [-0.3, -0.25) is 0 Å². The van der Waals surface area contributed by atoms with E-state index in [1.54, 1.807) is 6.07 Å². The highest BCUT2D eigenvalue weighted by molar-refractivity contribution is 5.33. The molecule has 3 rings (SSSR count). The normalized spacial score (nSPS) is 24.2. The highest BCUT2D eigenvalue weighted by Gasteiger charge is 2.57. The number of halogens is 2. The molecular formula is C14H17F2N. The van der Waals surface area contributed by atoms with Gasteiger partial charge in [-0.1, -0.05) is 12.5 Å². The van der Waals surface area contributed by atoms with Crippen LogP contribution in [-0.2, 0) is 5.41 Å². The van der Waals surface area contributed by atoms with E-state index in [0.29, 0.717) is 17.5 Å². The van der Waals surface area contributed by atoms with Gasteiger partial charge in [0.1, 0.15) is 11.6 Å². The lowest BCUT2D eigenvalue weighted by atomic mass is 9.44. The van der Waals surface area contributed by atoms with Gasteiger partial charge in [-0.2, -0.15) is 0 Å². The molecule has 0 radical (unpaired) electrons. The van der Waals surface area contributed by atoms with Crippen LogP contribution >= 0.6 is 0 Å². The summed E-state index contributed by atoms with van der Waals surface area (Å²) in [6.45, 7) is 0.456. The predicted octanol–water partition coefficient (Wildman–Crippen LogP) is 3.13. The van der Waals surface area contributed by atoms with Crippen LogP contribution in [0.5, 0.6) is 0 Å². The van der Waals surface area contributed by atoms with Crippen molar-refractivity contribution in [3.8, 4) is 0 Å². The zero-order valence-corrected chi connectivity index (χ0v) is 9.81. The van der Waals surface area contributed by atoms with Crippen molar-refractivity contribution in [3.05, 3.63) is 35.4 Å². The molecule has 1 nitrogen and oxygen atoms in total. The first-order valence-corrected chi connectivity index (χ1v) is 6.25. The van der Waals surface area contributed by atoms with Crippen LogP contribution in [0.15, 0.2) is 18.2 Å². The third kappa shape index (κ3) is 1.52. The van der Waals surface area contributed by atoms with Gasteiger partial charge in [-0.15, -0.1) is 0 Å². The van der Waals surface area contributed by atoms with Gasteiger partial charge in [0.05, 0.1) is 0 Å². The zero-order chi connectivity index (χ0) is 12.1. The van der Waals surface area contributed by atoms with Gasteiger partial charge >= 0.3 is 0 Å². The number of rotatable bonds is 2. The molecule has 92 valence electrons. The Morgan fingerprint density at radius 2 is 1.88 bits per heavy atom. The highest BCUT2D eigenvalue weighted by atomic mass is 19.1. The van der Waals surface area contributed by atoms with Gasteiger partial charge in [-0.05, 0) is 42.7 Å². The Labute approximate surface area is 100 Å². The van der Waals surface area contributed by atoms with Crippen LogP contribution in [0.3, 0.4) is 0 Å². The first-order chi connectivity index (χ1) is 8.09. The smallest absolute Gasteiger partial charge is 0.129 e. The number of hydrogen-bond donors (Lipinski definition) is 1. The summed E-state index contributed by atoms with van der Waals surface area (Å²) in [4.78, 5) is 0. The fraction of sp³-hybridized carbons (Fsp3) is 0.571. The first kappa shape index (κ1) is 11.1. The molecule has 0 saturated heterocycles. The van der Waals surface area contributed by atoms with Crippen molar-refractivity contribution in [3.63, 3.8) is 0 Å². The van der Waals surface area contributed by atoms with Gasteiger partial charge in [0.2, 0.25) is 0 Å². The van der Waals surface area contributed by atoms with Crippen molar-refractivity contribution in [1.82, 2.24) is 0 Å². The lowest BCUT2D eigenvalue weighted by molar-refractivity contribution is -0.0461. The van der Waals surface area contributed by atoms with Crippen molar-refractivity contribution in [2.75, 3.05) is 6.54 Å². The van der Waals surface area contributed by atoms with Crippen molar-refractivity contribution >= 4 is 0 Å². The molecule has 1 spiro atoms. The van der Waals surface area contributed by atoms with E-state index >= 15 is 0 Å². The molecule has 0 bridgehead atoms. The van der Waals surface area contributed by atoms with E-state index in [1.807, 2.05) is 0 Å². The van der Waals surface area contributed by atoms with Crippen molar-refractivity contribution in [2.24, 2.45) is 11.1 Å². The minimum absolute atomic E-state index is 0.238. The van der Waals surface area contributed by atoms with Crippen LogP contribution < -0.4 is 5.73 Å². The van der Waals surface area contributed by atoms with Crippen LogP contribution in [0.1, 0.15) is 37.7 Å². The molecule has 0 aliphatic heterocycles. The second-order valence-corrected chi connectivity index (χ2v) is 5.82. The molecule has 0 amide bonds. The molecule has 2 saturated carbocycles. The zero-order valence-electron chi connectivity index (χ0n) is 9.81. The average Bonchev–Trinajstić information content (AvgIpc) is 2.17. The highest BCUT2D eigenvalue weighted by Crippen LogP contribution is 2.64. The Kier molecular flexibility index (Phi) is 2.31. The Bertz CT molecular complexity index is 444. The molecule has 0 heterocycles. The van der Waals surface area contributed by atoms with Crippen LogP contribution in [0.2, 0.25) is 0 Å². The molecule has 1 aromatic carbocycles. The maximum absolute atomic E-state index is 13.8. The molecule has 1 aromatic rings. The number of benzene rings is 1. The number of hydrogen-bond acceptors (Lipinski definition) is 1. The maximum Gasteiger partial charge on any atom is 0.129 e. The Hall–Kier alpha value is -0.960. The summed E-state index contributed by atoms with van der Waals surface area (Å²) in [5.74, 6) is -0.958. The Balaban J connectivity index is 1.91. The predicted molar refractivity (Wildman–Crippen MR) is 62.6 cm³/mol. The molecular weight excluding hydrogens is 220 g/mol. The minimum Gasteiger partial charge on any atom is -0.330 e. The van der Waals surface area contributed by atoms with Gasteiger partial charge in [0.25, 0.3) is 0 Å². The molecule has 0 aromatic heterocycles. The van der Waals surface area contributed by atoms with Gasteiger partial charge < -0.3 is 5.73 Å². The Morgan fingerprint density at radius 1 is 1.18 bits per heavy atom. The van der Waals surface area contributed by atoms with E-state index in [-0.39, 0.29) is 5.41 Å². The summed E-state index contributed by atoms with van der Waals surface area (Å²) in [6.07, 6.45) is 5.72. The average molecular weight is 237 g/mol. The first-order valence-electron chi connectivity index (χ1n) is 6.25. The molecule has 0 unspecified atom stereocenters. The molecule has 2 fully saturated rings. The van der Waals surface area contributed by atoms with E-state index in [9.17, 15) is 8.78 Å². The summed E-state index contributed by atoms with van der Waals surface area (Å²) in [6, 6.07) is 3.88. The number of nitrogens with two attached hydrogens (primary N) is 1. The molecule has 2 aliphatic rings. The SMILES string of the molecule is NCC1(c2ccc(F)cc2F)CC2(CCC2)C1. The molecule has 3 heteroatoms. The minimum atomic E-state index is -0.517. The molecule has 2 aliphatic carbocycles. The largest absolute Gasteiger partial charge is 0.330 e. The van der Waals surface area contributed by atoms with Crippen LogP contribution in [0.4, 0.5) is 8.78 Å². The quantitative estimate of drug-likeness (QED) is 0.840. The van der Waals surface area contributed by atoms with E-state index in [0.717, 1.165) is 18.9 Å². The van der Waals surface area contributed by atoms with Crippen LogP contribution in [0.25, 0.3) is 0 Å². The summed E-state index contributed by atoms with van der Waals surface area (Å²) in [5, 5.41) is 0. The van der Waals surface area contributed by atoms with E-state index in [1.165, 1.54) is 25.3 Å². The fourth-order valence-corrected chi connectivity index (χ4v) is 3.78. The molecule has 0 atom stereocenters. The maximum atomic E-state index is 13.8. The second-order valence-electron chi connectivity index (χ2n) is 5.82. The van der Waals surface area contributed by atoms with E-state index in [2.05, 4.69) is 0 Å². The van der Waals surface area contributed by atoms with Crippen molar-refractivity contribution in [1.29, 1.82) is 0 Å². The van der Waals surface area contributed by atoms with E-state index < -0.39 is 11.6 Å². The lowest BCUT2D eigenvalue weighted by Crippen LogP contribution is -2.56. The van der Waals surface area contributed by atoms with Gasteiger partial charge in [0.15, 0.2) is 0 Å².